The minimum absolute atomic E-state index is 0.0388. The normalized spacial score (nSPS) is 20.2. The summed E-state index contributed by atoms with van der Waals surface area (Å²) >= 11 is 7.67. The van der Waals surface area contributed by atoms with Crippen LogP contribution in [0.3, 0.4) is 0 Å². The minimum atomic E-state index is -0.0388. The van der Waals surface area contributed by atoms with Gasteiger partial charge in [0, 0.05) is 37.4 Å². The number of thiazole rings is 1. The lowest BCUT2D eigenvalue weighted by Gasteiger charge is -2.33. The van der Waals surface area contributed by atoms with Gasteiger partial charge in [-0.05, 0) is 19.8 Å². The molecule has 2 aliphatic heterocycles. The Balaban J connectivity index is 1.66. The molecule has 0 aromatic carbocycles. The first-order chi connectivity index (χ1) is 11.6. The number of rotatable bonds is 2. The van der Waals surface area contributed by atoms with E-state index in [0.29, 0.717) is 21.6 Å². The second-order valence-corrected chi connectivity index (χ2v) is 7.67. The number of hydrogen-bond donors (Lipinski definition) is 1. The molecule has 1 atom stereocenters. The van der Waals surface area contributed by atoms with E-state index in [1.165, 1.54) is 11.3 Å². The zero-order chi connectivity index (χ0) is 16.7. The van der Waals surface area contributed by atoms with Crippen LogP contribution in [0.5, 0.6) is 0 Å². The number of allylic oxidation sites excluding steroid dienone is 1. The molecular weight excluding hydrogens is 346 g/mol. The van der Waals surface area contributed by atoms with E-state index in [2.05, 4.69) is 21.5 Å². The van der Waals surface area contributed by atoms with Crippen LogP contribution in [0.4, 0.5) is 0 Å². The van der Waals surface area contributed by atoms with Crippen LogP contribution in [-0.2, 0) is 6.42 Å². The molecule has 1 amide bonds. The molecule has 6 nitrogen and oxygen atoms in total. The highest BCUT2D eigenvalue weighted by molar-refractivity contribution is 7.18. The molecule has 2 aromatic rings. The maximum Gasteiger partial charge on any atom is 0.283 e. The first kappa shape index (κ1) is 15.8. The predicted molar refractivity (Wildman–Crippen MR) is 95.4 cm³/mol. The highest BCUT2D eigenvalue weighted by atomic mass is 35.5. The Morgan fingerprint density at radius 2 is 2.38 bits per heavy atom. The summed E-state index contributed by atoms with van der Waals surface area (Å²) in [5, 5.41) is 8.11. The first-order valence-electron chi connectivity index (χ1n) is 8.06. The summed E-state index contributed by atoms with van der Waals surface area (Å²) in [4.78, 5) is 19.2. The number of nitrogens with zero attached hydrogens (tertiary/aromatic N) is 4. The molecular formula is C16H18ClN5OS. The highest BCUT2D eigenvalue weighted by Gasteiger charge is 2.28. The van der Waals surface area contributed by atoms with Gasteiger partial charge in [0.1, 0.15) is 10.0 Å². The van der Waals surface area contributed by atoms with Crippen LogP contribution in [0.2, 0.25) is 4.34 Å². The third kappa shape index (κ3) is 2.66. The molecule has 126 valence electrons. The van der Waals surface area contributed by atoms with E-state index in [4.69, 9.17) is 11.6 Å². The summed E-state index contributed by atoms with van der Waals surface area (Å²) in [6.45, 7) is 4.35. The molecule has 4 rings (SSSR count). The van der Waals surface area contributed by atoms with E-state index in [9.17, 15) is 4.79 Å². The minimum Gasteiger partial charge on any atom is -0.331 e. The van der Waals surface area contributed by atoms with Crippen molar-refractivity contribution in [3.05, 3.63) is 27.3 Å². The van der Waals surface area contributed by atoms with Crippen LogP contribution < -0.4 is 5.32 Å². The Morgan fingerprint density at radius 3 is 3.21 bits per heavy atom. The molecule has 0 bridgehead atoms. The molecule has 2 aliphatic rings. The second kappa shape index (κ2) is 6.31. The Labute approximate surface area is 149 Å². The molecule has 0 spiro atoms. The van der Waals surface area contributed by atoms with Crippen LogP contribution in [-0.4, -0.2) is 51.2 Å². The van der Waals surface area contributed by atoms with Crippen molar-refractivity contribution in [2.45, 2.75) is 25.8 Å². The molecule has 0 radical (unpaired) electrons. The maximum atomic E-state index is 12.8. The van der Waals surface area contributed by atoms with Crippen molar-refractivity contribution in [1.82, 2.24) is 25.0 Å². The molecule has 1 N–H and O–H groups in total. The zero-order valence-corrected chi connectivity index (χ0v) is 14.9. The molecule has 1 fully saturated rings. The van der Waals surface area contributed by atoms with Crippen molar-refractivity contribution >= 4 is 35.0 Å². The van der Waals surface area contributed by atoms with Gasteiger partial charge in [-0.25, -0.2) is 9.67 Å². The van der Waals surface area contributed by atoms with Crippen LogP contribution in [0.15, 0.2) is 12.3 Å². The quantitative estimate of drug-likeness (QED) is 0.890. The summed E-state index contributed by atoms with van der Waals surface area (Å²) in [6.07, 6.45) is 7.71. The van der Waals surface area contributed by atoms with E-state index in [1.807, 2.05) is 22.7 Å². The highest BCUT2D eigenvalue weighted by Crippen LogP contribution is 2.36. The Morgan fingerprint density at radius 1 is 1.50 bits per heavy atom. The first-order valence-corrected chi connectivity index (χ1v) is 9.26. The van der Waals surface area contributed by atoms with Crippen molar-refractivity contribution in [1.29, 1.82) is 0 Å². The molecule has 0 saturated carbocycles. The topological polar surface area (TPSA) is 63.1 Å². The summed E-state index contributed by atoms with van der Waals surface area (Å²) < 4.78 is 2.40. The fourth-order valence-corrected chi connectivity index (χ4v) is 4.31. The Hall–Kier alpha value is -1.70. The van der Waals surface area contributed by atoms with Gasteiger partial charge < -0.3 is 10.2 Å². The number of carbonyl (C=O) groups is 1. The van der Waals surface area contributed by atoms with Crippen LogP contribution >= 0.6 is 22.9 Å². The monoisotopic (exact) mass is 363 g/mol. The van der Waals surface area contributed by atoms with Gasteiger partial charge in [0.15, 0.2) is 5.01 Å². The van der Waals surface area contributed by atoms with E-state index >= 15 is 0 Å². The fourth-order valence-electron chi connectivity index (χ4n) is 3.18. The van der Waals surface area contributed by atoms with Gasteiger partial charge in [-0.15, -0.1) is 0 Å². The lowest BCUT2D eigenvalue weighted by atomic mass is 10.1. The number of halogens is 1. The molecule has 8 heteroatoms. The molecule has 2 aromatic heterocycles. The zero-order valence-electron chi connectivity index (χ0n) is 13.3. The van der Waals surface area contributed by atoms with E-state index in [1.54, 1.807) is 6.20 Å². The molecule has 1 unspecified atom stereocenters. The van der Waals surface area contributed by atoms with E-state index in [0.717, 1.165) is 37.2 Å². The van der Waals surface area contributed by atoms with Crippen LogP contribution in [0, 0.1) is 0 Å². The van der Waals surface area contributed by atoms with Gasteiger partial charge in [0.2, 0.25) is 0 Å². The number of piperazine rings is 1. The summed E-state index contributed by atoms with van der Waals surface area (Å²) in [5.74, 6) is -0.0388. The molecule has 1 saturated heterocycles. The second-order valence-electron chi connectivity index (χ2n) is 6.07. The number of carbonyl (C=O) groups excluding carboxylic acids is 1. The molecule has 4 heterocycles. The van der Waals surface area contributed by atoms with Gasteiger partial charge in [-0.1, -0.05) is 29.0 Å². The SMILES string of the molecule is CC1CNCCN1C(=O)c1nc(-c2cnn3c2CCC=C3)c(Cl)s1. The summed E-state index contributed by atoms with van der Waals surface area (Å²) in [5.41, 5.74) is 2.69. The van der Waals surface area contributed by atoms with Crippen molar-refractivity contribution < 1.29 is 4.79 Å². The van der Waals surface area contributed by atoms with Crippen molar-refractivity contribution in [2.75, 3.05) is 19.6 Å². The average molecular weight is 364 g/mol. The van der Waals surface area contributed by atoms with Gasteiger partial charge >= 0.3 is 0 Å². The van der Waals surface area contributed by atoms with Gasteiger partial charge in [-0.2, -0.15) is 5.10 Å². The van der Waals surface area contributed by atoms with Gasteiger partial charge in [0.25, 0.3) is 5.91 Å². The largest absolute Gasteiger partial charge is 0.331 e. The summed E-state index contributed by atoms with van der Waals surface area (Å²) in [6, 6.07) is 0.159. The maximum absolute atomic E-state index is 12.8. The van der Waals surface area contributed by atoms with E-state index in [-0.39, 0.29) is 11.9 Å². The lowest BCUT2D eigenvalue weighted by molar-refractivity contribution is 0.0655. The smallest absolute Gasteiger partial charge is 0.283 e. The number of fused-ring (bicyclic) bond motifs is 1. The average Bonchev–Trinajstić information content (AvgIpc) is 3.18. The van der Waals surface area contributed by atoms with Crippen LogP contribution in [0.25, 0.3) is 17.5 Å². The predicted octanol–water partition coefficient (Wildman–Crippen LogP) is 2.51. The number of amides is 1. The summed E-state index contributed by atoms with van der Waals surface area (Å²) in [7, 11) is 0. The number of hydrogen-bond acceptors (Lipinski definition) is 5. The number of nitrogens with one attached hydrogen (secondary N) is 1. The van der Waals surface area contributed by atoms with E-state index < -0.39 is 0 Å². The van der Waals surface area contributed by atoms with Gasteiger partial charge in [-0.3, -0.25) is 4.79 Å². The van der Waals surface area contributed by atoms with Crippen molar-refractivity contribution in [2.24, 2.45) is 0 Å². The fraction of sp³-hybridized carbons (Fsp3) is 0.438. The third-order valence-corrected chi connectivity index (χ3v) is 5.72. The lowest BCUT2D eigenvalue weighted by Crippen LogP contribution is -2.52. The van der Waals surface area contributed by atoms with Crippen molar-refractivity contribution in [3.8, 4) is 11.3 Å². The number of aromatic nitrogens is 3. The Kier molecular flexibility index (Phi) is 4.15. The standard InChI is InChI=1S/C16H18ClN5OS/c1-10-8-18-5-7-21(10)16(23)15-20-13(14(17)24-15)11-9-19-22-6-3-2-4-12(11)22/h3,6,9-10,18H,2,4-5,7-8H2,1H3. The Bertz CT molecular complexity index is 811. The van der Waals surface area contributed by atoms with Crippen LogP contribution in [0.1, 0.15) is 28.8 Å². The molecule has 0 aliphatic carbocycles. The molecule has 24 heavy (non-hydrogen) atoms. The van der Waals surface area contributed by atoms with Gasteiger partial charge in [0.05, 0.1) is 11.9 Å². The van der Waals surface area contributed by atoms with Crippen molar-refractivity contribution in [3.63, 3.8) is 0 Å². The third-order valence-electron chi connectivity index (χ3n) is 4.48.